The number of halogens is 2. The van der Waals surface area contributed by atoms with E-state index in [2.05, 4.69) is 30.0 Å². The fourth-order valence-corrected chi connectivity index (χ4v) is 2.43. The van der Waals surface area contributed by atoms with Crippen LogP contribution in [-0.2, 0) is 6.42 Å². The largest absolute Gasteiger partial charge is 0.369 e. The van der Waals surface area contributed by atoms with Gasteiger partial charge in [0.1, 0.15) is 0 Å². The molecule has 0 bridgehead atoms. The van der Waals surface area contributed by atoms with Gasteiger partial charge in [-0.15, -0.1) is 23.2 Å². The molecule has 0 aromatic heterocycles. The Morgan fingerprint density at radius 3 is 2.28 bits per heavy atom. The van der Waals surface area contributed by atoms with E-state index in [1.807, 2.05) is 6.92 Å². The first-order valence-corrected chi connectivity index (χ1v) is 7.37. The van der Waals surface area contributed by atoms with Crippen molar-refractivity contribution in [2.24, 2.45) is 5.73 Å². The molecule has 0 aliphatic carbocycles. The third-order valence-corrected chi connectivity index (χ3v) is 3.28. The van der Waals surface area contributed by atoms with E-state index in [0.717, 1.165) is 19.5 Å². The van der Waals surface area contributed by atoms with Gasteiger partial charge in [-0.3, -0.25) is 0 Å². The molecule has 0 radical (unpaired) electrons. The first kappa shape index (κ1) is 15.6. The van der Waals surface area contributed by atoms with Crippen LogP contribution < -0.4 is 10.6 Å². The third-order valence-electron chi connectivity index (χ3n) is 2.94. The Balaban J connectivity index is 2.86. The minimum atomic E-state index is 0.191. The van der Waals surface area contributed by atoms with Crippen LogP contribution in [-0.4, -0.2) is 30.9 Å². The molecular weight excluding hydrogens is 267 g/mol. The Labute approximate surface area is 120 Å². The van der Waals surface area contributed by atoms with Crippen molar-refractivity contribution in [3.63, 3.8) is 0 Å². The second-order valence-electron chi connectivity index (χ2n) is 4.66. The number of rotatable bonds is 7. The minimum Gasteiger partial charge on any atom is -0.369 e. The molecule has 0 saturated heterocycles. The molecule has 0 amide bonds. The third kappa shape index (κ3) is 4.68. The number of anilines is 1. The molecule has 0 fully saturated rings. The summed E-state index contributed by atoms with van der Waals surface area (Å²) in [5.74, 6) is 1.22. The summed E-state index contributed by atoms with van der Waals surface area (Å²) in [7, 11) is 0. The van der Waals surface area contributed by atoms with Gasteiger partial charge in [0.2, 0.25) is 0 Å². The second-order valence-corrected chi connectivity index (χ2v) is 5.41. The highest BCUT2D eigenvalue weighted by Gasteiger charge is 2.08. The first-order valence-electron chi connectivity index (χ1n) is 6.30. The highest BCUT2D eigenvalue weighted by atomic mass is 35.5. The monoisotopic (exact) mass is 288 g/mol. The smallest absolute Gasteiger partial charge is 0.0399 e. The Kier molecular flexibility index (Phi) is 6.83. The van der Waals surface area contributed by atoms with E-state index in [1.54, 1.807) is 0 Å². The van der Waals surface area contributed by atoms with Crippen LogP contribution in [0.4, 0.5) is 5.69 Å². The summed E-state index contributed by atoms with van der Waals surface area (Å²) in [6, 6.07) is 6.67. The maximum absolute atomic E-state index is 5.84. The summed E-state index contributed by atoms with van der Waals surface area (Å²) < 4.78 is 0. The van der Waals surface area contributed by atoms with Gasteiger partial charge < -0.3 is 10.6 Å². The summed E-state index contributed by atoms with van der Waals surface area (Å²) in [6.45, 7) is 5.79. The van der Waals surface area contributed by atoms with Crippen molar-refractivity contribution in [1.82, 2.24) is 0 Å². The van der Waals surface area contributed by atoms with E-state index in [1.165, 1.54) is 16.8 Å². The molecule has 1 aromatic carbocycles. The zero-order valence-electron chi connectivity index (χ0n) is 11.1. The minimum absolute atomic E-state index is 0.191. The lowest BCUT2D eigenvalue weighted by Gasteiger charge is -2.24. The predicted octanol–water partition coefficient (Wildman–Crippen LogP) is 3.17. The number of nitrogens with zero attached hydrogens (tertiary/aromatic N) is 1. The van der Waals surface area contributed by atoms with Gasteiger partial charge in [0, 0.05) is 36.6 Å². The van der Waals surface area contributed by atoms with Gasteiger partial charge in [-0.05, 0) is 43.5 Å². The second kappa shape index (κ2) is 7.88. The summed E-state index contributed by atoms with van der Waals surface area (Å²) in [5.41, 5.74) is 9.61. The van der Waals surface area contributed by atoms with Crippen molar-refractivity contribution in [2.75, 3.05) is 29.7 Å². The van der Waals surface area contributed by atoms with Crippen LogP contribution in [0.1, 0.15) is 18.1 Å². The summed E-state index contributed by atoms with van der Waals surface area (Å²) >= 11 is 11.6. The normalized spacial score (nSPS) is 12.5. The average Bonchev–Trinajstić information content (AvgIpc) is 2.31. The van der Waals surface area contributed by atoms with Crippen LogP contribution in [0, 0.1) is 6.92 Å². The van der Waals surface area contributed by atoms with Crippen LogP contribution >= 0.6 is 23.2 Å². The quantitative estimate of drug-likeness (QED) is 0.781. The van der Waals surface area contributed by atoms with Crippen molar-refractivity contribution in [2.45, 2.75) is 26.3 Å². The Morgan fingerprint density at radius 1 is 1.22 bits per heavy atom. The van der Waals surface area contributed by atoms with E-state index >= 15 is 0 Å². The lowest BCUT2D eigenvalue weighted by Crippen LogP contribution is -2.27. The molecule has 2 N–H and O–H groups in total. The van der Waals surface area contributed by atoms with Crippen molar-refractivity contribution in [3.05, 3.63) is 29.3 Å². The van der Waals surface area contributed by atoms with Crippen molar-refractivity contribution >= 4 is 28.9 Å². The number of benzene rings is 1. The molecule has 18 heavy (non-hydrogen) atoms. The molecule has 0 aliphatic rings. The van der Waals surface area contributed by atoms with E-state index in [-0.39, 0.29) is 6.04 Å². The Morgan fingerprint density at radius 2 is 1.83 bits per heavy atom. The van der Waals surface area contributed by atoms with Crippen LogP contribution in [0.5, 0.6) is 0 Å². The SMILES string of the molecule is Cc1cc(N(CCCl)CCCl)ccc1CC(C)N. The molecule has 1 unspecified atom stereocenters. The zero-order chi connectivity index (χ0) is 13.5. The van der Waals surface area contributed by atoms with E-state index in [9.17, 15) is 0 Å². The fourth-order valence-electron chi connectivity index (χ4n) is 2.03. The standard InChI is InChI=1S/C14H22Cl2N2/c1-11-9-14(18(7-5-15)8-6-16)4-3-13(11)10-12(2)17/h3-4,9,12H,5-8,10,17H2,1-2H3. The topological polar surface area (TPSA) is 29.3 Å². The molecule has 0 heterocycles. The van der Waals surface area contributed by atoms with Gasteiger partial charge >= 0.3 is 0 Å². The molecular formula is C14H22Cl2N2. The number of aryl methyl sites for hydroxylation is 1. The molecule has 4 heteroatoms. The molecule has 0 spiro atoms. The number of hydrogen-bond acceptors (Lipinski definition) is 2. The maximum atomic E-state index is 5.84. The van der Waals surface area contributed by atoms with Crippen LogP contribution in [0.3, 0.4) is 0 Å². The molecule has 1 aromatic rings. The highest BCUT2D eigenvalue weighted by molar-refractivity contribution is 6.18. The Hall–Kier alpha value is -0.440. The molecule has 0 aliphatic heterocycles. The lowest BCUT2D eigenvalue weighted by molar-refractivity contribution is 0.734. The van der Waals surface area contributed by atoms with Gasteiger partial charge in [-0.2, -0.15) is 0 Å². The number of alkyl halides is 2. The highest BCUT2D eigenvalue weighted by Crippen LogP contribution is 2.20. The number of hydrogen-bond donors (Lipinski definition) is 1. The van der Waals surface area contributed by atoms with E-state index in [4.69, 9.17) is 28.9 Å². The maximum Gasteiger partial charge on any atom is 0.0399 e. The predicted molar refractivity (Wildman–Crippen MR) is 82.2 cm³/mol. The molecule has 1 atom stereocenters. The fraction of sp³-hybridized carbons (Fsp3) is 0.571. The van der Waals surface area contributed by atoms with Crippen molar-refractivity contribution in [3.8, 4) is 0 Å². The molecule has 102 valence electrons. The number of nitrogens with two attached hydrogens (primary N) is 1. The molecule has 1 rings (SSSR count). The average molecular weight is 289 g/mol. The van der Waals surface area contributed by atoms with Crippen molar-refractivity contribution < 1.29 is 0 Å². The molecule has 0 saturated carbocycles. The van der Waals surface area contributed by atoms with Gasteiger partial charge in [0.05, 0.1) is 0 Å². The Bertz CT molecular complexity index is 361. The van der Waals surface area contributed by atoms with E-state index < -0.39 is 0 Å². The van der Waals surface area contributed by atoms with Gasteiger partial charge in [-0.1, -0.05) is 6.07 Å². The van der Waals surface area contributed by atoms with E-state index in [0.29, 0.717) is 11.8 Å². The van der Waals surface area contributed by atoms with Crippen LogP contribution in [0.25, 0.3) is 0 Å². The van der Waals surface area contributed by atoms with Crippen molar-refractivity contribution in [1.29, 1.82) is 0 Å². The zero-order valence-corrected chi connectivity index (χ0v) is 12.6. The van der Waals surface area contributed by atoms with Crippen LogP contribution in [0.15, 0.2) is 18.2 Å². The van der Waals surface area contributed by atoms with Gasteiger partial charge in [-0.25, -0.2) is 0 Å². The summed E-state index contributed by atoms with van der Waals surface area (Å²) in [4.78, 5) is 2.21. The van der Waals surface area contributed by atoms with Gasteiger partial charge in [0.15, 0.2) is 0 Å². The van der Waals surface area contributed by atoms with Crippen LogP contribution in [0.2, 0.25) is 0 Å². The first-order chi connectivity index (χ1) is 8.58. The summed E-state index contributed by atoms with van der Waals surface area (Å²) in [6.07, 6.45) is 0.914. The summed E-state index contributed by atoms with van der Waals surface area (Å²) in [5, 5.41) is 0. The molecule has 2 nitrogen and oxygen atoms in total. The van der Waals surface area contributed by atoms with Gasteiger partial charge in [0.25, 0.3) is 0 Å². The lowest BCUT2D eigenvalue weighted by atomic mass is 10.0.